The minimum absolute atomic E-state index is 0.0529. The van der Waals surface area contributed by atoms with Gasteiger partial charge in [-0.15, -0.1) is 10.2 Å². The first-order valence-corrected chi connectivity index (χ1v) is 7.90. The molecule has 0 aliphatic rings. The molecule has 132 valence electrons. The number of nitro groups is 1. The third kappa shape index (κ3) is 4.26. The Morgan fingerprint density at radius 2 is 1.92 bits per heavy atom. The number of carbonyl (C=O) groups excluding carboxylic acids is 1. The van der Waals surface area contributed by atoms with Crippen LogP contribution in [0.15, 0.2) is 48.5 Å². The predicted molar refractivity (Wildman–Crippen MR) is 91.3 cm³/mol. The molecule has 1 heterocycles. The summed E-state index contributed by atoms with van der Waals surface area (Å²) < 4.78 is 5.19. The highest BCUT2D eigenvalue weighted by Crippen LogP contribution is 2.21. The van der Waals surface area contributed by atoms with Gasteiger partial charge in [-0.3, -0.25) is 14.9 Å². The third-order valence-corrected chi connectivity index (χ3v) is 3.71. The van der Waals surface area contributed by atoms with Crippen molar-refractivity contribution in [1.82, 2.24) is 20.6 Å². The Morgan fingerprint density at radius 3 is 2.62 bits per heavy atom. The molecule has 9 nitrogen and oxygen atoms in total. The second kappa shape index (κ2) is 7.97. The number of nitro benzene ring substituents is 1. The van der Waals surface area contributed by atoms with Crippen LogP contribution in [0.4, 0.5) is 5.69 Å². The zero-order valence-electron chi connectivity index (χ0n) is 13.7. The maximum Gasteiger partial charge on any atom is 0.311 e. The molecule has 9 heteroatoms. The summed E-state index contributed by atoms with van der Waals surface area (Å²) in [5.74, 6) is 0.401. The van der Waals surface area contributed by atoms with E-state index in [1.54, 1.807) is 0 Å². The SMILES string of the molecule is O=C(CCCc1ccccc1-c1nn[nH]n1)Oc1ccc([N+](=O)[O-])cc1. The van der Waals surface area contributed by atoms with Gasteiger partial charge in [-0.1, -0.05) is 24.3 Å². The Labute approximate surface area is 148 Å². The van der Waals surface area contributed by atoms with Crippen molar-refractivity contribution in [1.29, 1.82) is 0 Å². The highest BCUT2D eigenvalue weighted by atomic mass is 16.6. The molecule has 0 aliphatic heterocycles. The van der Waals surface area contributed by atoms with E-state index in [4.69, 9.17) is 4.74 Å². The topological polar surface area (TPSA) is 124 Å². The highest BCUT2D eigenvalue weighted by molar-refractivity contribution is 5.72. The number of H-pyrrole nitrogens is 1. The number of hydrogen-bond acceptors (Lipinski definition) is 7. The lowest BCUT2D eigenvalue weighted by Gasteiger charge is -2.07. The van der Waals surface area contributed by atoms with E-state index in [0.29, 0.717) is 18.7 Å². The van der Waals surface area contributed by atoms with Crippen molar-refractivity contribution in [3.63, 3.8) is 0 Å². The van der Waals surface area contributed by atoms with Gasteiger partial charge in [-0.05, 0) is 35.8 Å². The van der Waals surface area contributed by atoms with Gasteiger partial charge in [0.15, 0.2) is 0 Å². The highest BCUT2D eigenvalue weighted by Gasteiger charge is 2.11. The second-order valence-electron chi connectivity index (χ2n) is 5.47. The van der Waals surface area contributed by atoms with Crippen LogP contribution in [0.2, 0.25) is 0 Å². The number of nitrogens with zero attached hydrogens (tertiary/aromatic N) is 4. The molecule has 3 aromatic rings. The second-order valence-corrected chi connectivity index (χ2v) is 5.47. The monoisotopic (exact) mass is 353 g/mol. The number of aryl methyl sites for hydroxylation is 1. The molecule has 0 spiro atoms. The van der Waals surface area contributed by atoms with E-state index >= 15 is 0 Å². The van der Waals surface area contributed by atoms with Crippen LogP contribution >= 0.6 is 0 Å². The van der Waals surface area contributed by atoms with Gasteiger partial charge in [0.1, 0.15) is 5.75 Å². The summed E-state index contributed by atoms with van der Waals surface area (Å²) in [5, 5.41) is 24.5. The maximum atomic E-state index is 11.9. The number of rotatable bonds is 7. The fraction of sp³-hybridized carbons (Fsp3) is 0.176. The molecule has 0 fully saturated rings. The van der Waals surface area contributed by atoms with Crippen LogP contribution < -0.4 is 4.74 Å². The van der Waals surface area contributed by atoms with E-state index < -0.39 is 10.9 Å². The summed E-state index contributed by atoms with van der Waals surface area (Å²) in [7, 11) is 0. The Hall–Kier alpha value is -3.62. The Kier molecular flexibility index (Phi) is 5.28. The van der Waals surface area contributed by atoms with Crippen LogP contribution in [0.25, 0.3) is 11.4 Å². The Morgan fingerprint density at radius 1 is 1.15 bits per heavy atom. The zero-order valence-corrected chi connectivity index (χ0v) is 13.7. The minimum Gasteiger partial charge on any atom is -0.427 e. The summed E-state index contributed by atoms with van der Waals surface area (Å²) in [6.45, 7) is 0. The van der Waals surface area contributed by atoms with E-state index in [2.05, 4.69) is 20.6 Å². The summed E-state index contributed by atoms with van der Waals surface area (Å²) in [6, 6.07) is 13.0. The molecule has 26 heavy (non-hydrogen) atoms. The number of aromatic amines is 1. The quantitative estimate of drug-likeness (QED) is 0.300. The number of non-ortho nitro benzene ring substituents is 1. The molecule has 0 radical (unpaired) electrons. The molecule has 0 aliphatic carbocycles. The first-order chi connectivity index (χ1) is 12.6. The fourth-order valence-electron chi connectivity index (χ4n) is 2.47. The zero-order chi connectivity index (χ0) is 18.4. The lowest BCUT2D eigenvalue weighted by atomic mass is 10.0. The molecule has 1 N–H and O–H groups in total. The van der Waals surface area contributed by atoms with Gasteiger partial charge in [0.2, 0.25) is 5.82 Å². The summed E-state index contributed by atoms with van der Waals surface area (Å²) in [4.78, 5) is 22.0. The molecule has 0 amide bonds. The number of aromatic nitrogens is 4. The van der Waals surface area contributed by atoms with Gasteiger partial charge in [0.25, 0.3) is 5.69 Å². The molecule has 1 aromatic heterocycles. The number of hydrogen-bond donors (Lipinski definition) is 1. The molecule has 0 atom stereocenters. The average Bonchev–Trinajstić information content (AvgIpc) is 3.17. The normalized spacial score (nSPS) is 10.5. The number of tetrazole rings is 1. The molecule has 0 bridgehead atoms. The Balaban J connectivity index is 1.54. The van der Waals surface area contributed by atoms with Crippen LogP contribution in [-0.4, -0.2) is 31.5 Å². The van der Waals surface area contributed by atoms with Gasteiger partial charge < -0.3 is 4.74 Å². The van der Waals surface area contributed by atoms with Crippen LogP contribution in [-0.2, 0) is 11.2 Å². The average molecular weight is 353 g/mol. The third-order valence-electron chi connectivity index (χ3n) is 3.71. The first kappa shape index (κ1) is 17.2. The number of nitrogens with one attached hydrogen (secondary N) is 1. The lowest BCUT2D eigenvalue weighted by molar-refractivity contribution is -0.384. The Bertz CT molecular complexity index is 894. The van der Waals surface area contributed by atoms with Crippen molar-refractivity contribution in [3.8, 4) is 17.1 Å². The molecule has 0 saturated heterocycles. The van der Waals surface area contributed by atoms with Gasteiger partial charge >= 0.3 is 5.97 Å². The maximum absolute atomic E-state index is 11.9. The van der Waals surface area contributed by atoms with Crippen molar-refractivity contribution in [2.45, 2.75) is 19.3 Å². The summed E-state index contributed by atoms with van der Waals surface area (Å²) >= 11 is 0. The predicted octanol–water partition coefficient (Wildman–Crippen LogP) is 2.70. The van der Waals surface area contributed by atoms with Gasteiger partial charge in [-0.2, -0.15) is 5.21 Å². The minimum atomic E-state index is -0.507. The van der Waals surface area contributed by atoms with Crippen LogP contribution in [0, 0.1) is 10.1 Å². The van der Waals surface area contributed by atoms with Crippen molar-refractivity contribution in [2.24, 2.45) is 0 Å². The molecular formula is C17H15N5O4. The standard InChI is InChI=1S/C17H15N5O4/c23-16(26-14-10-8-13(9-11-14)22(24)25)7-3-5-12-4-1-2-6-15(12)17-18-20-21-19-17/h1-2,4,6,8-11H,3,5,7H2,(H,18,19,20,21). The molecule has 0 unspecified atom stereocenters. The molecule has 3 rings (SSSR count). The van der Waals surface area contributed by atoms with E-state index in [-0.39, 0.29) is 17.9 Å². The van der Waals surface area contributed by atoms with E-state index in [1.165, 1.54) is 24.3 Å². The summed E-state index contributed by atoms with van der Waals surface area (Å²) in [6.07, 6.45) is 1.46. The summed E-state index contributed by atoms with van der Waals surface area (Å²) in [5.41, 5.74) is 1.82. The first-order valence-electron chi connectivity index (χ1n) is 7.90. The van der Waals surface area contributed by atoms with Crippen molar-refractivity contribution in [3.05, 3.63) is 64.2 Å². The van der Waals surface area contributed by atoms with E-state index in [9.17, 15) is 14.9 Å². The van der Waals surface area contributed by atoms with Gasteiger partial charge in [0.05, 0.1) is 4.92 Å². The van der Waals surface area contributed by atoms with Crippen LogP contribution in [0.5, 0.6) is 5.75 Å². The van der Waals surface area contributed by atoms with Gasteiger partial charge in [-0.25, -0.2) is 0 Å². The number of ether oxygens (including phenoxy) is 1. The number of carbonyl (C=O) groups is 1. The lowest BCUT2D eigenvalue weighted by Crippen LogP contribution is -2.08. The van der Waals surface area contributed by atoms with E-state index in [0.717, 1.165) is 11.1 Å². The van der Waals surface area contributed by atoms with Crippen molar-refractivity contribution in [2.75, 3.05) is 0 Å². The number of benzene rings is 2. The molecular weight excluding hydrogens is 338 g/mol. The molecule has 2 aromatic carbocycles. The molecule has 0 saturated carbocycles. The van der Waals surface area contributed by atoms with E-state index in [1.807, 2.05) is 24.3 Å². The van der Waals surface area contributed by atoms with Crippen LogP contribution in [0.3, 0.4) is 0 Å². The fourth-order valence-corrected chi connectivity index (χ4v) is 2.47. The van der Waals surface area contributed by atoms with Crippen LogP contribution in [0.1, 0.15) is 18.4 Å². The number of esters is 1. The van der Waals surface area contributed by atoms with Crippen molar-refractivity contribution >= 4 is 11.7 Å². The largest absolute Gasteiger partial charge is 0.427 e. The van der Waals surface area contributed by atoms with Gasteiger partial charge in [0, 0.05) is 24.1 Å². The van der Waals surface area contributed by atoms with Crippen molar-refractivity contribution < 1.29 is 14.5 Å². The smallest absolute Gasteiger partial charge is 0.311 e.